The van der Waals surface area contributed by atoms with E-state index in [0.717, 1.165) is 5.69 Å². The van der Waals surface area contributed by atoms with Crippen LogP contribution in [0, 0.1) is 12.7 Å². The van der Waals surface area contributed by atoms with Gasteiger partial charge in [0, 0.05) is 17.4 Å². The summed E-state index contributed by atoms with van der Waals surface area (Å²) in [5, 5.41) is 6.52. The van der Waals surface area contributed by atoms with Gasteiger partial charge in [-0.1, -0.05) is 23.7 Å². The van der Waals surface area contributed by atoms with E-state index in [1.807, 2.05) is 6.92 Å². The van der Waals surface area contributed by atoms with Gasteiger partial charge in [-0.15, -0.1) is 0 Å². The van der Waals surface area contributed by atoms with Crippen molar-refractivity contribution in [3.8, 4) is 5.75 Å². The molecule has 0 aliphatic rings. The summed E-state index contributed by atoms with van der Waals surface area (Å²) < 4.78 is 18.9. The minimum atomic E-state index is -0.352. The third-order valence-corrected chi connectivity index (χ3v) is 3.69. The highest BCUT2D eigenvalue weighted by Crippen LogP contribution is 2.28. The number of aryl methyl sites for hydroxylation is 1. The van der Waals surface area contributed by atoms with Crippen LogP contribution in [-0.2, 0) is 0 Å². The number of hydrogen-bond acceptors (Lipinski definition) is 5. The van der Waals surface area contributed by atoms with E-state index in [1.54, 1.807) is 49.6 Å². The lowest BCUT2D eigenvalue weighted by atomic mass is 10.3. The number of nitrogens with one attached hydrogen (secondary N) is 2. The summed E-state index contributed by atoms with van der Waals surface area (Å²) in [6.45, 7) is 1.83. The van der Waals surface area contributed by atoms with Crippen molar-refractivity contribution in [3.63, 3.8) is 0 Å². The zero-order valence-electron chi connectivity index (χ0n) is 13.7. The Balaban J connectivity index is 1.84. The summed E-state index contributed by atoms with van der Waals surface area (Å²) in [7, 11) is 1.55. The van der Waals surface area contributed by atoms with Crippen LogP contribution in [0.3, 0.4) is 0 Å². The molecule has 2 aromatic carbocycles. The van der Waals surface area contributed by atoms with Gasteiger partial charge in [0.1, 0.15) is 17.4 Å². The Morgan fingerprint density at radius 3 is 2.56 bits per heavy atom. The molecule has 3 rings (SSSR count). The van der Waals surface area contributed by atoms with Crippen molar-refractivity contribution in [2.75, 3.05) is 17.7 Å². The molecular weight excluding hydrogens is 343 g/mol. The normalized spacial score (nSPS) is 10.4. The second-order valence-corrected chi connectivity index (χ2v) is 5.70. The molecule has 0 saturated heterocycles. The van der Waals surface area contributed by atoms with E-state index in [-0.39, 0.29) is 5.82 Å². The van der Waals surface area contributed by atoms with Crippen LogP contribution in [0.15, 0.2) is 48.5 Å². The molecule has 5 nitrogen and oxygen atoms in total. The number of aromatic nitrogens is 2. The smallest absolute Gasteiger partial charge is 0.229 e. The van der Waals surface area contributed by atoms with E-state index in [2.05, 4.69) is 20.6 Å². The quantitative estimate of drug-likeness (QED) is 0.666. The van der Waals surface area contributed by atoms with Crippen LogP contribution in [0.1, 0.15) is 5.69 Å². The topological polar surface area (TPSA) is 59.1 Å². The van der Waals surface area contributed by atoms with E-state index in [9.17, 15) is 4.39 Å². The second-order valence-electron chi connectivity index (χ2n) is 5.30. The van der Waals surface area contributed by atoms with Gasteiger partial charge in [-0.2, -0.15) is 4.98 Å². The molecule has 128 valence electrons. The van der Waals surface area contributed by atoms with Crippen molar-refractivity contribution < 1.29 is 9.13 Å². The molecule has 0 aliphatic heterocycles. The number of methoxy groups -OCH3 is 1. The van der Waals surface area contributed by atoms with Crippen molar-refractivity contribution in [3.05, 3.63) is 65.1 Å². The maximum atomic E-state index is 13.8. The summed E-state index contributed by atoms with van der Waals surface area (Å²) in [5.41, 5.74) is 1.79. The molecule has 0 atom stereocenters. The van der Waals surface area contributed by atoms with Crippen LogP contribution in [0.25, 0.3) is 0 Å². The molecule has 1 heterocycles. The van der Waals surface area contributed by atoms with Crippen molar-refractivity contribution in [1.82, 2.24) is 9.97 Å². The predicted octanol–water partition coefficient (Wildman–Crippen LogP) is 5.07. The van der Waals surface area contributed by atoms with Gasteiger partial charge in [0.25, 0.3) is 0 Å². The third-order valence-electron chi connectivity index (χ3n) is 3.40. The Morgan fingerprint density at radius 1 is 1.04 bits per heavy atom. The Morgan fingerprint density at radius 2 is 1.84 bits per heavy atom. The van der Waals surface area contributed by atoms with Crippen LogP contribution >= 0.6 is 11.6 Å². The fraction of sp³-hybridized carbons (Fsp3) is 0.111. The molecule has 0 radical (unpaired) electrons. The highest BCUT2D eigenvalue weighted by atomic mass is 35.5. The maximum absolute atomic E-state index is 13.8. The van der Waals surface area contributed by atoms with Gasteiger partial charge < -0.3 is 15.4 Å². The molecule has 2 N–H and O–H groups in total. The monoisotopic (exact) mass is 358 g/mol. The van der Waals surface area contributed by atoms with E-state index in [0.29, 0.717) is 33.9 Å². The third kappa shape index (κ3) is 4.16. The lowest BCUT2D eigenvalue weighted by molar-refractivity contribution is 0.415. The molecule has 0 fully saturated rings. The first-order valence-corrected chi connectivity index (χ1v) is 7.91. The van der Waals surface area contributed by atoms with E-state index in [1.165, 1.54) is 6.07 Å². The molecule has 25 heavy (non-hydrogen) atoms. The van der Waals surface area contributed by atoms with Crippen molar-refractivity contribution in [2.45, 2.75) is 6.92 Å². The molecule has 0 aliphatic carbocycles. The summed E-state index contributed by atoms with van der Waals surface area (Å²) in [6.07, 6.45) is 0. The number of ether oxygens (including phenoxy) is 1. The van der Waals surface area contributed by atoms with Crippen LogP contribution in [0.5, 0.6) is 5.75 Å². The number of benzene rings is 2. The van der Waals surface area contributed by atoms with Gasteiger partial charge in [0.15, 0.2) is 0 Å². The molecule has 3 aromatic rings. The summed E-state index contributed by atoms with van der Waals surface area (Å²) in [4.78, 5) is 8.70. The summed E-state index contributed by atoms with van der Waals surface area (Å²) in [6, 6.07) is 13.4. The first kappa shape index (κ1) is 17.0. The number of nitrogens with zero attached hydrogens (tertiary/aromatic N) is 2. The lowest BCUT2D eigenvalue weighted by Crippen LogP contribution is -2.03. The Labute approximate surface area is 149 Å². The van der Waals surface area contributed by atoms with Crippen molar-refractivity contribution in [1.29, 1.82) is 0 Å². The van der Waals surface area contributed by atoms with Gasteiger partial charge >= 0.3 is 0 Å². The average molecular weight is 359 g/mol. The molecular formula is C18H16ClFN4O. The van der Waals surface area contributed by atoms with Crippen LogP contribution < -0.4 is 15.4 Å². The lowest BCUT2D eigenvalue weighted by Gasteiger charge is -2.11. The Kier molecular flexibility index (Phi) is 5.00. The number of anilines is 4. The van der Waals surface area contributed by atoms with Crippen LogP contribution in [0.4, 0.5) is 27.5 Å². The minimum absolute atomic E-state index is 0.346. The van der Waals surface area contributed by atoms with Gasteiger partial charge in [0.05, 0.1) is 17.8 Å². The zero-order chi connectivity index (χ0) is 17.8. The molecule has 0 unspecified atom stereocenters. The molecule has 0 amide bonds. The number of hydrogen-bond donors (Lipinski definition) is 2. The van der Waals surface area contributed by atoms with E-state index in [4.69, 9.17) is 16.3 Å². The molecule has 0 spiro atoms. The fourth-order valence-electron chi connectivity index (χ4n) is 2.26. The van der Waals surface area contributed by atoms with Crippen molar-refractivity contribution >= 4 is 34.7 Å². The number of rotatable bonds is 5. The first-order valence-electron chi connectivity index (χ1n) is 7.53. The average Bonchev–Trinajstić information content (AvgIpc) is 2.57. The number of halogens is 2. The SMILES string of the molecule is COc1ccc(Nc2nc(C)cc(Nc3ccccc3F)n2)cc1Cl. The van der Waals surface area contributed by atoms with Crippen molar-refractivity contribution in [2.24, 2.45) is 0 Å². The predicted molar refractivity (Wildman–Crippen MR) is 97.7 cm³/mol. The summed E-state index contributed by atoms with van der Waals surface area (Å²) in [5.74, 6) is 1.09. The first-order chi connectivity index (χ1) is 12.0. The molecule has 1 aromatic heterocycles. The molecule has 7 heteroatoms. The van der Waals surface area contributed by atoms with Gasteiger partial charge in [-0.3, -0.25) is 0 Å². The van der Waals surface area contributed by atoms with E-state index < -0.39 is 0 Å². The molecule has 0 bridgehead atoms. The minimum Gasteiger partial charge on any atom is -0.495 e. The Hall–Kier alpha value is -2.86. The van der Waals surface area contributed by atoms with Gasteiger partial charge in [0.2, 0.25) is 5.95 Å². The fourth-order valence-corrected chi connectivity index (χ4v) is 2.52. The van der Waals surface area contributed by atoms with Crippen LogP contribution in [-0.4, -0.2) is 17.1 Å². The summed E-state index contributed by atoms with van der Waals surface area (Å²) >= 11 is 6.12. The highest BCUT2D eigenvalue weighted by Gasteiger charge is 2.07. The van der Waals surface area contributed by atoms with Crippen LogP contribution in [0.2, 0.25) is 5.02 Å². The van der Waals surface area contributed by atoms with Gasteiger partial charge in [-0.05, 0) is 37.3 Å². The largest absolute Gasteiger partial charge is 0.495 e. The second kappa shape index (κ2) is 7.36. The molecule has 0 saturated carbocycles. The highest BCUT2D eigenvalue weighted by molar-refractivity contribution is 6.32. The standard InChI is InChI=1S/C18H16ClFN4O/c1-11-9-17(23-15-6-4-3-5-14(15)20)24-18(21-11)22-12-7-8-16(25-2)13(19)10-12/h3-10H,1-2H3,(H2,21,22,23,24). The van der Waals surface area contributed by atoms with Gasteiger partial charge in [-0.25, -0.2) is 9.37 Å². The zero-order valence-corrected chi connectivity index (χ0v) is 14.4. The number of para-hydroxylation sites is 1. The van der Waals surface area contributed by atoms with E-state index >= 15 is 0 Å². The Bertz CT molecular complexity index is 904. The maximum Gasteiger partial charge on any atom is 0.229 e.